The fraction of sp³-hybridized carbons (Fsp3) is 0.167. The Morgan fingerprint density at radius 2 is 1.71 bits per heavy atom. The first kappa shape index (κ1) is 14.3. The van der Waals surface area contributed by atoms with Crippen molar-refractivity contribution in [2.24, 2.45) is 14.1 Å². The molecule has 0 saturated heterocycles. The molecule has 3 N–H and O–H groups in total. The van der Waals surface area contributed by atoms with Crippen molar-refractivity contribution in [3.8, 4) is 0 Å². The van der Waals surface area contributed by atoms with Crippen molar-refractivity contribution in [3.05, 3.63) is 55.2 Å². The van der Waals surface area contributed by atoms with Gasteiger partial charge in [0.15, 0.2) is 0 Å². The summed E-state index contributed by atoms with van der Waals surface area (Å²) in [5, 5.41) is 13.4. The molecule has 0 spiro atoms. The van der Waals surface area contributed by atoms with Gasteiger partial charge in [-0.2, -0.15) is 0 Å². The lowest BCUT2D eigenvalue weighted by molar-refractivity contribution is -0.384. The van der Waals surface area contributed by atoms with Crippen LogP contribution in [0.25, 0.3) is 0 Å². The van der Waals surface area contributed by atoms with Crippen molar-refractivity contribution in [2.75, 3.05) is 11.1 Å². The van der Waals surface area contributed by atoms with Crippen molar-refractivity contribution in [3.63, 3.8) is 0 Å². The number of benzene rings is 1. The van der Waals surface area contributed by atoms with E-state index in [0.29, 0.717) is 5.69 Å². The number of hydrogen-bond acceptors (Lipinski definition) is 6. The van der Waals surface area contributed by atoms with Gasteiger partial charge >= 0.3 is 5.69 Å². The topological polar surface area (TPSA) is 125 Å². The smallest absolute Gasteiger partial charge is 0.332 e. The highest BCUT2D eigenvalue weighted by atomic mass is 16.6. The number of nitro groups is 1. The standard InChI is InChI=1S/C12H13N5O4/c1-15-10(9(13)11(18)16(2)12(15)19)14-7-3-5-8(6-4-7)17(20)21/h3-6,14H,13H2,1-2H3. The average molecular weight is 291 g/mol. The van der Waals surface area contributed by atoms with Crippen molar-refractivity contribution in [2.45, 2.75) is 0 Å². The summed E-state index contributed by atoms with van der Waals surface area (Å²) in [5.41, 5.74) is 4.87. The van der Waals surface area contributed by atoms with Crippen LogP contribution in [0.5, 0.6) is 0 Å². The number of nitrogens with zero attached hydrogens (tertiary/aromatic N) is 3. The maximum absolute atomic E-state index is 11.8. The molecule has 2 rings (SSSR count). The molecule has 0 aliphatic carbocycles. The van der Waals surface area contributed by atoms with Crippen LogP contribution >= 0.6 is 0 Å². The molecule has 110 valence electrons. The van der Waals surface area contributed by atoms with Crippen LogP contribution in [-0.2, 0) is 14.1 Å². The van der Waals surface area contributed by atoms with E-state index in [9.17, 15) is 19.7 Å². The lowest BCUT2D eigenvalue weighted by Crippen LogP contribution is -2.39. The summed E-state index contributed by atoms with van der Waals surface area (Å²) in [7, 11) is 2.79. The lowest BCUT2D eigenvalue weighted by atomic mass is 10.3. The predicted octanol–water partition coefficient (Wildman–Crippen LogP) is 0.318. The van der Waals surface area contributed by atoms with Gasteiger partial charge in [0.05, 0.1) is 4.92 Å². The number of nitrogens with one attached hydrogen (secondary N) is 1. The highest BCUT2D eigenvalue weighted by molar-refractivity contribution is 5.68. The molecule has 0 aliphatic heterocycles. The molecule has 0 fully saturated rings. The zero-order chi connectivity index (χ0) is 15.7. The molecule has 0 aliphatic rings. The van der Waals surface area contributed by atoms with E-state index in [2.05, 4.69) is 5.32 Å². The minimum absolute atomic E-state index is 0.0635. The quantitative estimate of drug-likeness (QED) is 0.619. The van der Waals surface area contributed by atoms with E-state index in [1.165, 1.54) is 42.9 Å². The molecule has 1 aromatic heterocycles. The van der Waals surface area contributed by atoms with Gasteiger partial charge in [-0.05, 0) is 12.1 Å². The van der Waals surface area contributed by atoms with Gasteiger partial charge in [0.25, 0.3) is 11.2 Å². The number of nitro benzene ring substituents is 1. The minimum Gasteiger partial charge on any atom is -0.391 e. The molecule has 0 bridgehead atoms. The molecule has 1 heterocycles. The fourth-order valence-electron chi connectivity index (χ4n) is 1.82. The monoisotopic (exact) mass is 291 g/mol. The maximum Gasteiger partial charge on any atom is 0.332 e. The first-order valence-electron chi connectivity index (χ1n) is 5.90. The molecule has 0 unspecified atom stereocenters. The third-order valence-electron chi connectivity index (χ3n) is 3.04. The summed E-state index contributed by atoms with van der Waals surface area (Å²) in [6, 6.07) is 5.52. The summed E-state index contributed by atoms with van der Waals surface area (Å²) in [4.78, 5) is 33.7. The predicted molar refractivity (Wildman–Crippen MR) is 77.7 cm³/mol. The van der Waals surface area contributed by atoms with Crippen LogP contribution in [0.3, 0.4) is 0 Å². The maximum atomic E-state index is 11.8. The molecule has 0 radical (unpaired) electrons. The Balaban J connectivity index is 2.47. The number of nitrogens with two attached hydrogens (primary N) is 1. The van der Waals surface area contributed by atoms with Gasteiger partial charge in [0.1, 0.15) is 11.5 Å². The minimum atomic E-state index is -0.609. The first-order valence-corrected chi connectivity index (χ1v) is 5.90. The largest absolute Gasteiger partial charge is 0.391 e. The van der Waals surface area contributed by atoms with Crippen LogP contribution in [0.4, 0.5) is 22.9 Å². The molecule has 0 atom stereocenters. The van der Waals surface area contributed by atoms with Crippen LogP contribution in [0, 0.1) is 10.1 Å². The Bertz CT molecular complexity index is 782. The zero-order valence-electron chi connectivity index (χ0n) is 11.4. The summed E-state index contributed by atoms with van der Waals surface area (Å²) < 4.78 is 2.09. The second kappa shape index (κ2) is 5.12. The van der Waals surface area contributed by atoms with Gasteiger partial charge in [-0.1, -0.05) is 0 Å². The SMILES string of the molecule is Cn1c(Nc2ccc([N+](=O)[O-])cc2)c(N)c(=O)n(C)c1=O. The molecule has 2 aromatic rings. The molecule has 0 amide bonds. The van der Waals surface area contributed by atoms with Gasteiger partial charge < -0.3 is 11.1 Å². The van der Waals surface area contributed by atoms with Crippen molar-refractivity contribution < 1.29 is 4.92 Å². The summed E-state index contributed by atoms with van der Waals surface area (Å²) >= 11 is 0. The molecule has 9 nitrogen and oxygen atoms in total. The molecular weight excluding hydrogens is 278 g/mol. The second-order valence-corrected chi connectivity index (χ2v) is 4.40. The first-order chi connectivity index (χ1) is 9.82. The Labute approximate surface area is 118 Å². The summed E-state index contributed by atoms with van der Waals surface area (Å²) in [6.45, 7) is 0. The second-order valence-electron chi connectivity index (χ2n) is 4.40. The average Bonchev–Trinajstić information content (AvgIpc) is 2.48. The van der Waals surface area contributed by atoms with Gasteiger partial charge in [-0.25, -0.2) is 4.79 Å². The van der Waals surface area contributed by atoms with Crippen molar-refractivity contribution >= 4 is 22.9 Å². The lowest BCUT2D eigenvalue weighted by Gasteiger charge is -2.14. The number of rotatable bonds is 3. The van der Waals surface area contributed by atoms with Gasteiger partial charge in [0.2, 0.25) is 0 Å². The van der Waals surface area contributed by atoms with E-state index in [-0.39, 0.29) is 17.2 Å². The Hall–Kier alpha value is -3.10. The van der Waals surface area contributed by atoms with E-state index in [0.717, 1.165) is 4.57 Å². The Morgan fingerprint density at radius 1 is 1.14 bits per heavy atom. The molecule has 0 saturated carbocycles. The molecular formula is C12H13N5O4. The highest BCUT2D eigenvalue weighted by Gasteiger charge is 2.13. The van der Waals surface area contributed by atoms with E-state index >= 15 is 0 Å². The molecule has 9 heteroatoms. The zero-order valence-corrected chi connectivity index (χ0v) is 11.4. The van der Waals surface area contributed by atoms with Crippen LogP contribution < -0.4 is 22.3 Å². The number of hydrogen-bond donors (Lipinski definition) is 2. The normalized spacial score (nSPS) is 10.4. The summed E-state index contributed by atoms with van der Waals surface area (Å²) in [6.07, 6.45) is 0. The Morgan fingerprint density at radius 3 is 2.24 bits per heavy atom. The number of aromatic nitrogens is 2. The van der Waals surface area contributed by atoms with E-state index in [1.807, 2.05) is 0 Å². The third-order valence-corrected chi connectivity index (χ3v) is 3.04. The fourth-order valence-corrected chi connectivity index (χ4v) is 1.82. The Kier molecular flexibility index (Phi) is 3.49. The van der Waals surface area contributed by atoms with Crippen molar-refractivity contribution in [1.82, 2.24) is 9.13 Å². The van der Waals surface area contributed by atoms with Gasteiger partial charge in [-0.15, -0.1) is 0 Å². The van der Waals surface area contributed by atoms with Crippen LogP contribution in [0.15, 0.2) is 33.9 Å². The van der Waals surface area contributed by atoms with Crippen LogP contribution in [-0.4, -0.2) is 14.1 Å². The van der Waals surface area contributed by atoms with Crippen LogP contribution in [0.1, 0.15) is 0 Å². The molecule has 21 heavy (non-hydrogen) atoms. The number of non-ortho nitro benzene ring substituents is 1. The number of anilines is 3. The summed E-state index contributed by atoms with van der Waals surface area (Å²) in [5.74, 6) is 0.136. The van der Waals surface area contributed by atoms with Gasteiger partial charge in [0, 0.05) is 31.9 Å². The third kappa shape index (κ3) is 2.48. The highest BCUT2D eigenvalue weighted by Crippen LogP contribution is 2.21. The van der Waals surface area contributed by atoms with Crippen LogP contribution in [0.2, 0.25) is 0 Å². The van der Waals surface area contributed by atoms with E-state index in [1.54, 1.807) is 0 Å². The van der Waals surface area contributed by atoms with E-state index < -0.39 is 16.2 Å². The van der Waals surface area contributed by atoms with Gasteiger partial charge in [-0.3, -0.25) is 24.0 Å². The number of nitrogen functional groups attached to an aromatic ring is 1. The van der Waals surface area contributed by atoms with Crippen molar-refractivity contribution in [1.29, 1.82) is 0 Å². The van der Waals surface area contributed by atoms with E-state index in [4.69, 9.17) is 5.73 Å². The molecule has 1 aromatic carbocycles.